The van der Waals surface area contributed by atoms with E-state index in [0.29, 0.717) is 11.8 Å². The first-order valence-corrected chi connectivity index (χ1v) is 11.9. The van der Waals surface area contributed by atoms with Crippen molar-refractivity contribution >= 4 is 22.6 Å². The molecule has 0 spiro atoms. The minimum atomic E-state index is -0.0655. The average molecular weight is 476 g/mol. The van der Waals surface area contributed by atoms with Gasteiger partial charge in [0.2, 0.25) is 0 Å². The average Bonchev–Trinajstić information content (AvgIpc) is 2.69. The molecule has 0 bridgehead atoms. The number of benzene rings is 2. The predicted molar refractivity (Wildman–Crippen MR) is 121 cm³/mol. The van der Waals surface area contributed by atoms with E-state index in [1.54, 1.807) is 6.07 Å². The van der Waals surface area contributed by atoms with Crippen LogP contribution in [0, 0.1) is 11.7 Å². The second kappa shape index (κ2) is 8.63. The number of rotatable bonds is 3. The zero-order valence-corrected chi connectivity index (χ0v) is 18.4. The lowest BCUT2D eigenvalue weighted by Crippen LogP contribution is -2.12. The van der Waals surface area contributed by atoms with Gasteiger partial charge in [-0.1, -0.05) is 78.8 Å². The Morgan fingerprint density at radius 1 is 0.741 bits per heavy atom. The highest BCUT2D eigenvalue weighted by atomic mass is 127. The topological polar surface area (TPSA) is 0 Å². The molecule has 2 aliphatic carbocycles. The minimum Gasteiger partial charge on any atom is -0.206 e. The smallest absolute Gasteiger partial charge is 0.131 e. The van der Waals surface area contributed by atoms with Gasteiger partial charge in [-0.3, -0.25) is 0 Å². The molecule has 2 heteroatoms. The monoisotopic (exact) mass is 476 g/mol. The molecule has 2 aromatic carbocycles. The summed E-state index contributed by atoms with van der Waals surface area (Å²) in [4.78, 5) is 0. The van der Waals surface area contributed by atoms with Crippen molar-refractivity contribution in [3.63, 3.8) is 0 Å². The van der Waals surface area contributed by atoms with Crippen LogP contribution in [0.5, 0.6) is 0 Å². The first-order chi connectivity index (χ1) is 13.1. The molecule has 144 valence electrons. The summed E-state index contributed by atoms with van der Waals surface area (Å²) in [5.74, 6) is 1.99. The van der Waals surface area contributed by atoms with Crippen LogP contribution in [0.25, 0.3) is 11.1 Å². The number of halogens is 2. The summed E-state index contributed by atoms with van der Waals surface area (Å²) in [5, 5.41) is 0. The highest BCUT2D eigenvalue weighted by molar-refractivity contribution is 14.1. The highest BCUT2D eigenvalue weighted by Crippen LogP contribution is 2.38. The fraction of sp³-hybridized carbons (Fsp3) is 0.520. The molecule has 27 heavy (non-hydrogen) atoms. The van der Waals surface area contributed by atoms with E-state index in [1.165, 1.54) is 62.5 Å². The maximum absolute atomic E-state index is 14.9. The van der Waals surface area contributed by atoms with Crippen molar-refractivity contribution in [2.24, 2.45) is 5.92 Å². The van der Waals surface area contributed by atoms with Gasteiger partial charge in [-0.15, -0.1) is 0 Å². The predicted octanol–water partition coefficient (Wildman–Crippen LogP) is 8.25. The number of alkyl halides is 1. The van der Waals surface area contributed by atoms with Gasteiger partial charge in [0.15, 0.2) is 0 Å². The zero-order chi connectivity index (χ0) is 18.8. The SMILES string of the molecule is CC1CCC(c2ccc(-c3ccc(C4CCC(I)CC4)cc3)c(F)c2)CC1. The summed E-state index contributed by atoms with van der Waals surface area (Å²) in [6.45, 7) is 2.33. The van der Waals surface area contributed by atoms with Gasteiger partial charge in [0.1, 0.15) is 5.82 Å². The lowest BCUT2D eigenvalue weighted by atomic mass is 9.79. The molecule has 0 heterocycles. The quantitative estimate of drug-likeness (QED) is 0.309. The van der Waals surface area contributed by atoms with E-state index in [9.17, 15) is 4.39 Å². The van der Waals surface area contributed by atoms with Crippen LogP contribution in [0.4, 0.5) is 4.39 Å². The van der Waals surface area contributed by atoms with Crippen LogP contribution in [0.15, 0.2) is 42.5 Å². The van der Waals surface area contributed by atoms with Crippen molar-refractivity contribution in [3.8, 4) is 11.1 Å². The van der Waals surface area contributed by atoms with Crippen LogP contribution < -0.4 is 0 Å². The molecule has 0 unspecified atom stereocenters. The van der Waals surface area contributed by atoms with E-state index < -0.39 is 0 Å². The van der Waals surface area contributed by atoms with E-state index in [0.717, 1.165) is 21.0 Å². The molecule has 0 atom stereocenters. The molecule has 0 nitrogen and oxygen atoms in total. The summed E-state index contributed by atoms with van der Waals surface area (Å²) < 4.78 is 15.7. The van der Waals surface area contributed by atoms with Gasteiger partial charge in [0, 0.05) is 9.49 Å². The highest BCUT2D eigenvalue weighted by Gasteiger charge is 2.22. The molecule has 0 amide bonds. The Labute approximate surface area is 177 Å². The molecule has 0 saturated heterocycles. The standard InChI is InChI=1S/C25H30FI/c1-17-2-4-20(5-3-17)22-12-15-24(25(26)16-22)21-8-6-18(7-9-21)19-10-13-23(27)14-11-19/h6-9,12,15-17,19-20,23H,2-5,10-11,13-14H2,1H3. The Morgan fingerprint density at radius 3 is 1.93 bits per heavy atom. The van der Waals surface area contributed by atoms with E-state index >= 15 is 0 Å². The summed E-state index contributed by atoms with van der Waals surface area (Å²) in [7, 11) is 0. The summed E-state index contributed by atoms with van der Waals surface area (Å²) in [5.41, 5.74) is 4.36. The molecular weight excluding hydrogens is 446 g/mol. The van der Waals surface area contributed by atoms with E-state index in [4.69, 9.17) is 0 Å². The zero-order valence-electron chi connectivity index (χ0n) is 16.3. The fourth-order valence-electron chi connectivity index (χ4n) is 4.93. The fourth-order valence-corrected chi connectivity index (χ4v) is 5.65. The molecule has 2 saturated carbocycles. The molecule has 0 aromatic heterocycles. The lowest BCUT2D eigenvalue weighted by molar-refractivity contribution is 0.347. The molecule has 2 aromatic rings. The van der Waals surface area contributed by atoms with Crippen LogP contribution >= 0.6 is 22.6 Å². The lowest BCUT2D eigenvalue weighted by Gasteiger charge is -2.26. The molecule has 2 fully saturated rings. The van der Waals surface area contributed by atoms with Crippen molar-refractivity contribution in [2.45, 2.75) is 74.1 Å². The summed E-state index contributed by atoms with van der Waals surface area (Å²) in [6, 6.07) is 14.6. The third-order valence-corrected chi connectivity index (χ3v) is 8.08. The Balaban J connectivity index is 1.48. The Hall–Kier alpha value is -0.900. The second-order valence-corrected chi connectivity index (χ2v) is 10.5. The first kappa shape index (κ1) is 19.4. The van der Waals surface area contributed by atoms with Crippen molar-refractivity contribution in [3.05, 3.63) is 59.4 Å². The van der Waals surface area contributed by atoms with Gasteiger partial charge in [0.25, 0.3) is 0 Å². The van der Waals surface area contributed by atoms with Crippen molar-refractivity contribution < 1.29 is 4.39 Å². The Kier molecular flexibility index (Phi) is 6.21. The summed E-state index contributed by atoms with van der Waals surface area (Å²) in [6.07, 6.45) is 10.2. The molecule has 0 aliphatic heterocycles. The minimum absolute atomic E-state index is 0.0655. The van der Waals surface area contributed by atoms with E-state index in [2.05, 4.69) is 59.8 Å². The maximum Gasteiger partial charge on any atom is 0.131 e. The molecular formula is C25H30FI. The van der Waals surface area contributed by atoms with Crippen LogP contribution in [-0.2, 0) is 0 Å². The summed E-state index contributed by atoms with van der Waals surface area (Å²) >= 11 is 2.58. The van der Waals surface area contributed by atoms with E-state index in [-0.39, 0.29) is 5.82 Å². The van der Waals surface area contributed by atoms with Gasteiger partial charge < -0.3 is 0 Å². The van der Waals surface area contributed by atoms with Crippen LogP contribution in [0.2, 0.25) is 0 Å². The maximum atomic E-state index is 14.9. The Morgan fingerprint density at radius 2 is 1.30 bits per heavy atom. The number of hydrogen-bond acceptors (Lipinski definition) is 0. The van der Waals surface area contributed by atoms with Gasteiger partial charge in [0.05, 0.1) is 0 Å². The second-order valence-electron chi connectivity index (χ2n) is 8.77. The molecule has 0 radical (unpaired) electrons. The van der Waals surface area contributed by atoms with Crippen LogP contribution in [-0.4, -0.2) is 3.92 Å². The van der Waals surface area contributed by atoms with Crippen LogP contribution in [0.1, 0.15) is 81.3 Å². The van der Waals surface area contributed by atoms with Gasteiger partial charge >= 0.3 is 0 Å². The van der Waals surface area contributed by atoms with Crippen molar-refractivity contribution in [2.75, 3.05) is 0 Å². The van der Waals surface area contributed by atoms with Crippen molar-refractivity contribution in [1.29, 1.82) is 0 Å². The van der Waals surface area contributed by atoms with Gasteiger partial charge in [-0.2, -0.15) is 0 Å². The number of hydrogen-bond donors (Lipinski definition) is 0. The van der Waals surface area contributed by atoms with Gasteiger partial charge in [-0.25, -0.2) is 4.39 Å². The third kappa shape index (κ3) is 4.58. The molecule has 0 N–H and O–H groups in total. The Bertz CT molecular complexity index is 750. The van der Waals surface area contributed by atoms with Crippen molar-refractivity contribution in [1.82, 2.24) is 0 Å². The molecule has 2 aliphatic rings. The van der Waals surface area contributed by atoms with Crippen LogP contribution in [0.3, 0.4) is 0 Å². The largest absolute Gasteiger partial charge is 0.206 e. The molecule has 4 rings (SSSR count). The van der Waals surface area contributed by atoms with Gasteiger partial charge in [-0.05, 0) is 79.0 Å². The third-order valence-electron chi connectivity index (χ3n) is 6.83. The normalized spacial score (nSPS) is 28.9. The first-order valence-electron chi connectivity index (χ1n) is 10.6. The van der Waals surface area contributed by atoms with E-state index in [1.807, 2.05) is 6.07 Å².